The van der Waals surface area contributed by atoms with Crippen LogP contribution in [0.2, 0.25) is 0 Å². The van der Waals surface area contributed by atoms with Crippen LogP contribution in [0.4, 0.5) is 4.39 Å². The van der Waals surface area contributed by atoms with Crippen molar-refractivity contribution in [3.05, 3.63) is 83.8 Å². The Labute approximate surface area is 144 Å². The van der Waals surface area contributed by atoms with Crippen molar-refractivity contribution in [1.29, 1.82) is 5.26 Å². The number of aryl methyl sites for hydroxylation is 1. The highest BCUT2D eigenvalue weighted by Gasteiger charge is 2.08. The average molecular weight is 327 g/mol. The smallest absolute Gasteiger partial charge is 0.126 e. The maximum atomic E-state index is 13.7. The molecule has 3 aromatic carbocycles. The van der Waals surface area contributed by atoms with Crippen LogP contribution in [-0.4, -0.2) is 9.78 Å². The number of benzene rings is 3. The number of hydrogen-bond acceptors (Lipinski definition) is 2. The lowest BCUT2D eigenvalue weighted by atomic mass is 10.0. The van der Waals surface area contributed by atoms with Gasteiger partial charge in [0.25, 0.3) is 0 Å². The lowest BCUT2D eigenvalue weighted by Crippen LogP contribution is -1.96. The fourth-order valence-corrected chi connectivity index (χ4v) is 2.89. The molecule has 0 amide bonds. The van der Waals surface area contributed by atoms with E-state index in [0.717, 1.165) is 27.7 Å². The first-order chi connectivity index (χ1) is 12.2. The summed E-state index contributed by atoms with van der Waals surface area (Å²) in [5.41, 5.74) is 5.15. The summed E-state index contributed by atoms with van der Waals surface area (Å²) in [5.74, 6) is -0.219. The van der Waals surface area contributed by atoms with E-state index < -0.39 is 0 Å². The van der Waals surface area contributed by atoms with E-state index >= 15 is 0 Å². The zero-order chi connectivity index (χ0) is 17.4. The second kappa shape index (κ2) is 5.88. The van der Waals surface area contributed by atoms with Crippen molar-refractivity contribution in [1.82, 2.24) is 9.78 Å². The maximum Gasteiger partial charge on any atom is 0.126 e. The molecule has 25 heavy (non-hydrogen) atoms. The number of aromatic nitrogens is 2. The van der Waals surface area contributed by atoms with Gasteiger partial charge in [-0.2, -0.15) is 10.4 Å². The number of nitrogens with zero attached hydrogens (tertiary/aromatic N) is 3. The monoisotopic (exact) mass is 327 g/mol. The topological polar surface area (TPSA) is 41.6 Å². The van der Waals surface area contributed by atoms with Crippen molar-refractivity contribution in [2.24, 2.45) is 0 Å². The van der Waals surface area contributed by atoms with Gasteiger partial charge >= 0.3 is 0 Å². The van der Waals surface area contributed by atoms with Gasteiger partial charge in [0.05, 0.1) is 29.0 Å². The van der Waals surface area contributed by atoms with Crippen molar-refractivity contribution >= 4 is 10.9 Å². The summed E-state index contributed by atoms with van der Waals surface area (Å²) in [7, 11) is 0. The van der Waals surface area contributed by atoms with Gasteiger partial charge in [-0.05, 0) is 60.0 Å². The summed E-state index contributed by atoms with van der Waals surface area (Å²) in [4.78, 5) is 0. The van der Waals surface area contributed by atoms with Crippen LogP contribution in [0.25, 0.3) is 27.7 Å². The van der Waals surface area contributed by atoms with Crippen LogP contribution in [0.15, 0.2) is 66.9 Å². The minimum absolute atomic E-state index is 0.219. The molecular weight excluding hydrogens is 313 g/mol. The van der Waals surface area contributed by atoms with Crippen molar-refractivity contribution in [3.63, 3.8) is 0 Å². The minimum Gasteiger partial charge on any atom is -0.233 e. The Balaban J connectivity index is 1.73. The van der Waals surface area contributed by atoms with Gasteiger partial charge in [0, 0.05) is 5.39 Å². The van der Waals surface area contributed by atoms with E-state index in [2.05, 4.69) is 11.2 Å². The molecule has 0 aliphatic rings. The molecule has 0 fully saturated rings. The summed E-state index contributed by atoms with van der Waals surface area (Å²) in [6, 6.07) is 20.9. The normalized spacial score (nSPS) is 10.8. The van der Waals surface area contributed by atoms with Gasteiger partial charge in [-0.25, -0.2) is 9.07 Å². The van der Waals surface area contributed by atoms with E-state index in [1.807, 2.05) is 59.3 Å². The Morgan fingerprint density at radius 1 is 0.960 bits per heavy atom. The highest BCUT2D eigenvalue weighted by atomic mass is 19.1. The standard InChI is InChI=1S/C21H14FN3/c1-14-10-21-18(11-20(14)22)13-24-25(21)19-8-6-17(7-9-19)16-4-2-15(12-23)3-5-16/h2-11,13H,1H3. The second-order valence-corrected chi connectivity index (χ2v) is 5.95. The van der Waals surface area contributed by atoms with E-state index in [1.165, 1.54) is 6.07 Å². The molecule has 120 valence electrons. The first-order valence-corrected chi connectivity index (χ1v) is 7.90. The minimum atomic E-state index is -0.219. The van der Waals surface area contributed by atoms with E-state index in [0.29, 0.717) is 11.1 Å². The summed E-state index contributed by atoms with van der Waals surface area (Å²) in [5, 5.41) is 14.0. The molecule has 3 nitrogen and oxygen atoms in total. The van der Waals surface area contributed by atoms with Gasteiger partial charge in [0.1, 0.15) is 5.82 Å². The molecule has 4 rings (SSSR count). The zero-order valence-electron chi connectivity index (χ0n) is 13.6. The molecule has 0 spiro atoms. The lowest BCUT2D eigenvalue weighted by Gasteiger charge is -2.07. The number of nitriles is 1. The highest BCUT2D eigenvalue weighted by molar-refractivity contribution is 5.81. The maximum absolute atomic E-state index is 13.7. The van der Waals surface area contributed by atoms with E-state index in [4.69, 9.17) is 5.26 Å². The molecule has 0 N–H and O–H groups in total. The lowest BCUT2D eigenvalue weighted by molar-refractivity contribution is 0.620. The SMILES string of the molecule is Cc1cc2c(cnn2-c2ccc(-c3ccc(C#N)cc3)cc2)cc1F. The molecule has 0 aliphatic heterocycles. The van der Waals surface area contributed by atoms with Crippen molar-refractivity contribution in [2.75, 3.05) is 0 Å². The summed E-state index contributed by atoms with van der Waals surface area (Å²) in [6.07, 6.45) is 1.67. The fourth-order valence-electron chi connectivity index (χ4n) is 2.89. The Bertz CT molecular complexity index is 1100. The predicted octanol–water partition coefficient (Wildman–Crippen LogP) is 5.01. The van der Waals surface area contributed by atoms with Crippen LogP contribution in [0.5, 0.6) is 0 Å². The summed E-state index contributed by atoms with van der Waals surface area (Å²) < 4.78 is 15.5. The average Bonchev–Trinajstić information content (AvgIpc) is 3.05. The molecule has 1 heterocycles. The Hall–Kier alpha value is -3.45. The third-order valence-electron chi connectivity index (χ3n) is 4.31. The van der Waals surface area contributed by atoms with Crippen LogP contribution in [0, 0.1) is 24.1 Å². The Morgan fingerprint density at radius 3 is 2.24 bits per heavy atom. The van der Waals surface area contributed by atoms with Gasteiger partial charge < -0.3 is 0 Å². The number of fused-ring (bicyclic) bond motifs is 1. The van der Waals surface area contributed by atoms with Gasteiger partial charge in [-0.3, -0.25) is 0 Å². The number of hydrogen-bond donors (Lipinski definition) is 0. The largest absolute Gasteiger partial charge is 0.233 e. The predicted molar refractivity (Wildman–Crippen MR) is 95.9 cm³/mol. The quantitative estimate of drug-likeness (QED) is 0.519. The second-order valence-electron chi connectivity index (χ2n) is 5.95. The molecule has 1 aromatic heterocycles. The third-order valence-corrected chi connectivity index (χ3v) is 4.31. The Morgan fingerprint density at radius 2 is 1.60 bits per heavy atom. The van der Waals surface area contributed by atoms with Crippen LogP contribution >= 0.6 is 0 Å². The van der Waals surface area contributed by atoms with Gasteiger partial charge in [-0.15, -0.1) is 0 Å². The van der Waals surface area contributed by atoms with E-state index in [-0.39, 0.29) is 5.82 Å². The van der Waals surface area contributed by atoms with Gasteiger partial charge in [0.15, 0.2) is 0 Å². The molecule has 0 aliphatic carbocycles. The molecule has 0 saturated carbocycles. The summed E-state index contributed by atoms with van der Waals surface area (Å²) >= 11 is 0. The van der Waals surface area contributed by atoms with Crippen LogP contribution in [0.3, 0.4) is 0 Å². The first-order valence-electron chi connectivity index (χ1n) is 7.90. The molecule has 0 atom stereocenters. The van der Waals surface area contributed by atoms with Gasteiger partial charge in [0.2, 0.25) is 0 Å². The van der Waals surface area contributed by atoms with E-state index in [9.17, 15) is 4.39 Å². The van der Waals surface area contributed by atoms with Crippen molar-refractivity contribution < 1.29 is 4.39 Å². The zero-order valence-corrected chi connectivity index (χ0v) is 13.6. The molecule has 0 bridgehead atoms. The van der Waals surface area contributed by atoms with Crippen LogP contribution < -0.4 is 0 Å². The van der Waals surface area contributed by atoms with Gasteiger partial charge in [-0.1, -0.05) is 24.3 Å². The fraction of sp³-hybridized carbons (Fsp3) is 0.0476. The number of rotatable bonds is 2. The molecular formula is C21H14FN3. The van der Waals surface area contributed by atoms with Crippen LogP contribution in [0.1, 0.15) is 11.1 Å². The van der Waals surface area contributed by atoms with E-state index in [1.54, 1.807) is 13.1 Å². The highest BCUT2D eigenvalue weighted by Crippen LogP contribution is 2.25. The van der Waals surface area contributed by atoms with Crippen molar-refractivity contribution in [2.45, 2.75) is 6.92 Å². The summed E-state index contributed by atoms with van der Waals surface area (Å²) in [6.45, 7) is 1.75. The molecule has 4 heteroatoms. The van der Waals surface area contributed by atoms with Crippen molar-refractivity contribution in [3.8, 4) is 22.9 Å². The molecule has 4 aromatic rings. The third kappa shape index (κ3) is 2.66. The number of halogens is 1. The molecule has 0 radical (unpaired) electrons. The first kappa shape index (κ1) is 15.1. The Kier molecular flexibility index (Phi) is 3.55. The van der Waals surface area contributed by atoms with Crippen LogP contribution in [-0.2, 0) is 0 Å². The molecule has 0 unspecified atom stereocenters. The molecule has 0 saturated heterocycles.